The maximum Gasteiger partial charge on any atom is 0.176 e. The zero-order valence-electron chi connectivity index (χ0n) is 24.3. The molecule has 0 aliphatic rings. The quantitative estimate of drug-likeness (QED) is 0.159. The molecule has 0 fully saturated rings. The lowest BCUT2D eigenvalue weighted by Gasteiger charge is -2.31. The zero-order chi connectivity index (χ0) is 30.1. The molecule has 0 spiro atoms. The molecule has 1 heteroatoms. The maximum absolute atomic E-state index is 11.5. The van der Waals surface area contributed by atoms with Gasteiger partial charge in [0.15, 0.2) is 6.10 Å². The molecule has 0 unspecified atom stereocenters. The first-order chi connectivity index (χ1) is 21.7. The number of benzene rings is 6. The van der Waals surface area contributed by atoms with Crippen molar-refractivity contribution in [1.29, 1.82) is 0 Å². The molecule has 0 saturated carbocycles. The molecule has 0 amide bonds. The fraction of sp³-hybridized carbons (Fsp3) is 0.0698. The van der Waals surface area contributed by atoms with Crippen molar-refractivity contribution in [3.63, 3.8) is 0 Å². The molecule has 0 aliphatic heterocycles. The van der Waals surface area contributed by atoms with Crippen molar-refractivity contribution in [2.24, 2.45) is 0 Å². The van der Waals surface area contributed by atoms with E-state index in [-0.39, 0.29) is 0 Å². The van der Waals surface area contributed by atoms with Crippen LogP contribution in [0.2, 0.25) is 0 Å². The molecule has 1 N–H and O–H groups in total. The summed E-state index contributed by atoms with van der Waals surface area (Å²) in [5.41, 5.74) is 4.54. The summed E-state index contributed by atoms with van der Waals surface area (Å²) in [6.45, 7) is 0. The average Bonchev–Trinajstić information content (AvgIpc) is 3.12. The average molecular weight is 565 g/mol. The highest BCUT2D eigenvalue weighted by Gasteiger charge is 2.36. The number of hydrogen-bond acceptors (Lipinski definition) is 1. The summed E-state index contributed by atoms with van der Waals surface area (Å²) in [5.74, 6) is 13.4. The Kier molecular flexibility index (Phi) is 8.52. The highest BCUT2D eigenvalue weighted by Crippen LogP contribution is 2.40. The summed E-state index contributed by atoms with van der Waals surface area (Å²) in [6, 6.07) is 61.5. The molecule has 0 saturated heterocycles. The molecule has 0 aliphatic carbocycles. The van der Waals surface area contributed by atoms with Crippen LogP contribution in [0, 0.1) is 23.7 Å². The Labute approximate surface area is 260 Å². The molecule has 0 aromatic heterocycles. The third kappa shape index (κ3) is 5.58. The predicted octanol–water partition coefficient (Wildman–Crippen LogP) is 8.42. The van der Waals surface area contributed by atoms with Crippen molar-refractivity contribution in [1.82, 2.24) is 0 Å². The fourth-order valence-corrected chi connectivity index (χ4v) is 5.95. The molecule has 210 valence electrons. The molecule has 6 aromatic rings. The highest BCUT2D eigenvalue weighted by atomic mass is 16.3. The van der Waals surface area contributed by atoms with Crippen LogP contribution < -0.4 is 0 Å². The third-order valence-corrected chi connectivity index (χ3v) is 8.03. The van der Waals surface area contributed by atoms with Crippen LogP contribution in [0.4, 0.5) is 0 Å². The Morgan fingerprint density at radius 3 is 0.682 bits per heavy atom. The van der Waals surface area contributed by atoms with E-state index in [0.717, 1.165) is 33.4 Å². The summed E-state index contributed by atoms with van der Waals surface area (Å²) >= 11 is 0. The minimum Gasteiger partial charge on any atom is -0.369 e. The SMILES string of the molecule is OC(C#CC(c1ccccc1)(c1ccccc1)c1ccccc1)C#CC(c1ccccc1)(c1ccccc1)c1ccccc1. The van der Waals surface area contributed by atoms with E-state index in [9.17, 15) is 5.11 Å². The summed E-state index contributed by atoms with van der Waals surface area (Å²) in [5, 5.41) is 11.5. The Bertz CT molecular complexity index is 1560. The highest BCUT2D eigenvalue weighted by molar-refractivity contribution is 5.60. The van der Waals surface area contributed by atoms with Gasteiger partial charge in [0, 0.05) is 0 Å². The first kappa shape index (κ1) is 28.5. The van der Waals surface area contributed by atoms with E-state index in [4.69, 9.17) is 0 Å². The van der Waals surface area contributed by atoms with Crippen LogP contribution in [0.1, 0.15) is 33.4 Å². The summed E-state index contributed by atoms with van der Waals surface area (Å²) < 4.78 is 0. The molecule has 1 nitrogen and oxygen atoms in total. The smallest absolute Gasteiger partial charge is 0.176 e. The van der Waals surface area contributed by atoms with Crippen LogP contribution in [-0.4, -0.2) is 11.2 Å². The number of aliphatic hydroxyl groups excluding tert-OH is 1. The van der Waals surface area contributed by atoms with Crippen LogP contribution in [0.15, 0.2) is 182 Å². The van der Waals surface area contributed by atoms with Crippen LogP contribution in [-0.2, 0) is 10.8 Å². The van der Waals surface area contributed by atoms with Gasteiger partial charge < -0.3 is 5.11 Å². The van der Waals surface area contributed by atoms with E-state index < -0.39 is 16.9 Å². The first-order valence-electron chi connectivity index (χ1n) is 14.8. The van der Waals surface area contributed by atoms with Gasteiger partial charge in [0.25, 0.3) is 0 Å². The van der Waals surface area contributed by atoms with Crippen molar-refractivity contribution in [2.45, 2.75) is 16.9 Å². The lowest BCUT2D eigenvalue weighted by molar-refractivity contribution is 0.289. The van der Waals surface area contributed by atoms with Crippen LogP contribution in [0.5, 0.6) is 0 Å². The molecule has 6 rings (SSSR count). The van der Waals surface area contributed by atoms with Gasteiger partial charge in [-0.1, -0.05) is 206 Å². The van der Waals surface area contributed by atoms with E-state index >= 15 is 0 Å². The van der Waals surface area contributed by atoms with Gasteiger partial charge in [-0.2, -0.15) is 0 Å². The van der Waals surface area contributed by atoms with Gasteiger partial charge in [0.1, 0.15) is 10.8 Å². The number of hydrogen-bond donors (Lipinski definition) is 1. The topological polar surface area (TPSA) is 20.2 Å². The number of aliphatic hydroxyl groups is 1. The van der Waals surface area contributed by atoms with Gasteiger partial charge >= 0.3 is 0 Å². The van der Waals surface area contributed by atoms with E-state index in [1.165, 1.54) is 0 Å². The maximum atomic E-state index is 11.5. The summed E-state index contributed by atoms with van der Waals surface area (Å²) in [7, 11) is 0. The van der Waals surface area contributed by atoms with Crippen molar-refractivity contribution >= 4 is 0 Å². The minimum atomic E-state index is -1.19. The van der Waals surface area contributed by atoms with E-state index in [1.54, 1.807) is 0 Å². The van der Waals surface area contributed by atoms with Gasteiger partial charge in [0.05, 0.1) is 0 Å². The fourth-order valence-electron chi connectivity index (χ4n) is 5.95. The first-order valence-corrected chi connectivity index (χ1v) is 14.8. The summed E-state index contributed by atoms with van der Waals surface area (Å²) in [6.07, 6.45) is -1.19. The van der Waals surface area contributed by atoms with Crippen molar-refractivity contribution in [3.8, 4) is 23.7 Å². The minimum absolute atomic E-state index is 0.804. The molecule has 44 heavy (non-hydrogen) atoms. The van der Waals surface area contributed by atoms with Gasteiger partial charge in [-0.3, -0.25) is 0 Å². The molecule has 0 bridgehead atoms. The summed E-state index contributed by atoms with van der Waals surface area (Å²) in [4.78, 5) is 0. The Hall–Kier alpha value is -5.60. The second-order valence-electron chi connectivity index (χ2n) is 10.6. The molecular formula is C43H32O. The predicted molar refractivity (Wildman–Crippen MR) is 180 cm³/mol. The molecule has 0 heterocycles. The van der Waals surface area contributed by atoms with Gasteiger partial charge in [-0.15, -0.1) is 0 Å². The molecule has 0 radical (unpaired) electrons. The zero-order valence-corrected chi connectivity index (χ0v) is 24.3. The van der Waals surface area contributed by atoms with E-state index in [2.05, 4.69) is 96.5 Å². The standard InChI is InChI=1S/C43H32O/c44-41(31-33-42(35-19-7-1-8-20-35,36-21-9-2-10-22-36)37-23-11-3-12-24-37)32-34-43(38-25-13-4-14-26-38,39-27-15-5-16-28-39)40-29-17-6-18-30-40/h1-30,41,44H. The van der Waals surface area contributed by atoms with E-state index in [1.807, 2.05) is 109 Å². The second kappa shape index (κ2) is 13.1. The Balaban J connectivity index is 1.54. The lowest BCUT2D eigenvalue weighted by atomic mass is 9.69. The molecular weight excluding hydrogens is 532 g/mol. The van der Waals surface area contributed by atoms with E-state index in [0.29, 0.717) is 0 Å². The van der Waals surface area contributed by atoms with Gasteiger partial charge in [-0.05, 0) is 33.4 Å². The molecule has 0 atom stereocenters. The van der Waals surface area contributed by atoms with Gasteiger partial charge in [0.2, 0.25) is 0 Å². The Morgan fingerprint density at radius 2 is 0.500 bits per heavy atom. The van der Waals surface area contributed by atoms with Crippen molar-refractivity contribution < 1.29 is 5.11 Å². The Morgan fingerprint density at radius 1 is 0.318 bits per heavy atom. The lowest BCUT2D eigenvalue weighted by Crippen LogP contribution is -2.28. The third-order valence-electron chi connectivity index (χ3n) is 8.03. The second-order valence-corrected chi connectivity index (χ2v) is 10.6. The monoisotopic (exact) mass is 564 g/mol. The van der Waals surface area contributed by atoms with Crippen molar-refractivity contribution in [3.05, 3.63) is 215 Å². The van der Waals surface area contributed by atoms with Crippen LogP contribution in [0.3, 0.4) is 0 Å². The van der Waals surface area contributed by atoms with Crippen LogP contribution >= 0.6 is 0 Å². The van der Waals surface area contributed by atoms with Gasteiger partial charge in [-0.25, -0.2) is 0 Å². The number of rotatable bonds is 6. The normalized spacial score (nSPS) is 11.1. The molecule has 6 aromatic carbocycles. The van der Waals surface area contributed by atoms with Crippen LogP contribution in [0.25, 0.3) is 0 Å². The largest absolute Gasteiger partial charge is 0.369 e. The van der Waals surface area contributed by atoms with Crippen molar-refractivity contribution in [2.75, 3.05) is 0 Å².